The molecule has 0 N–H and O–H groups in total. The molecule has 0 fully saturated rings. The maximum absolute atomic E-state index is 11.6. The van der Waals surface area contributed by atoms with Crippen LogP contribution >= 0.6 is 11.8 Å². The maximum atomic E-state index is 11.6. The molecule has 23 heavy (non-hydrogen) atoms. The predicted octanol–water partition coefficient (Wildman–Crippen LogP) is 1.72. The lowest BCUT2D eigenvalue weighted by atomic mass is 10.3. The van der Waals surface area contributed by atoms with Gasteiger partial charge in [0.05, 0.1) is 31.8 Å². The van der Waals surface area contributed by atoms with Gasteiger partial charge in [-0.25, -0.2) is 0 Å². The van der Waals surface area contributed by atoms with Crippen molar-refractivity contribution < 1.29 is 19.0 Å². The monoisotopic (exact) mass is 338 g/mol. The summed E-state index contributed by atoms with van der Waals surface area (Å²) in [5, 5.41) is 12.0. The molecule has 8 nitrogen and oxygen atoms in total. The third-order valence-electron chi connectivity index (χ3n) is 2.71. The van der Waals surface area contributed by atoms with Gasteiger partial charge in [-0.05, 0) is 24.3 Å². The number of carbonyl (C=O) groups is 1. The van der Waals surface area contributed by atoms with Gasteiger partial charge in [-0.15, -0.1) is 5.10 Å². The molecule has 9 heteroatoms. The van der Waals surface area contributed by atoms with Gasteiger partial charge in [-0.1, -0.05) is 11.8 Å². The summed E-state index contributed by atoms with van der Waals surface area (Å²) in [5.41, 5.74) is 0.672. The van der Waals surface area contributed by atoms with Crippen LogP contribution in [0.5, 0.6) is 11.5 Å². The molecule has 2 aromatic rings. The molecule has 0 saturated carbocycles. The van der Waals surface area contributed by atoms with Crippen molar-refractivity contribution in [2.24, 2.45) is 0 Å². The third-order valence-corrected chi connectivity index (χ3v) is 3.60. The molecule has 2 rings (SSSR count). The number of benzene rings is 1. The fourth-order valence-corrected chi connectivity index (χ4v) is 2.44. The molecule has 0 saturated heterocycles. The highest BCUT2D eigenvalue weighted by Gasteiger charge is 2.14. The van der Waals surface area contributed by atoms with Gasteiger partial charge in [0, 0.05) is 18.2 Å². The van der Waals surface area contributed by atoms with Gasteiger partial charge >= 0.3 is 5.97 Å². The predicted molar refractivity (Wildman–Crippen MR) is 84.2 cm³/mol. The number of nitrogens with zero attached hydrogens (tertiary/aromatic N) is 4. The number of aromatic nitrogens is 4. The van der Waals surface area contributed by atoms with Crippen LogP contribution in [-0.4, -0.2) is 52.3 Å². The molecule has 0 aliphatic heterocycles. The van der Waals surface area contributed by atoms with Crippen LogP contribution in [0.15, 0.2) is 23.4 Å². The normalized spacial score (nSPS) is 10.7. The van der Waals surface area contributed by atoms with Crippen LogP contribution in [0.25, 0.3) is 5.69 Å². The second kappa shape index (κ2) is 7.82. The van der Waals surface area contributed by atoms with E-state index in [9.17, 15) is 4.79 Å². The van der Waals surface area contributed by atoms with E-state index < -0.39 is 0 Å². The quantitative estimate of drug-likeness (QED) is 0.557. The Morgan fingerprint density at radius 2 is 1.87 bits per heavy atom. The Kier molecular flexibility index (Phi) is 5.80. The van der Waals surface area contributed by atoms with Crippen molar-refractivity contribution >= 4 is 17.7 Å². The standard InChI is InChI=1S/C14H18N4O4S/c1-9(2)22-13(19)8-23-14-15-16-17-18(14)10-5-11(20-3)7-12(6-10)21-4/h5-7,9H,8H2,1-4H3. The molecule has 0 unspecified atom stereocenters. The molecule has 0 radical (unpaired) electrons. The molecule has 0 atom stereocenters. The summed E-state index contributed by atoms with van der Waals surface area (Å²) in [7, 11) is 3.13. The number of hydrogen-bond donors (Lipinski definition) is 0. The Morgan fingerprint density at radius 1 is 1.22 bits per heavy atom. The van der Waals surface area contributed by atoms with E-state index in [0.717, 1.165) is 0 Å². The van der Waals surface area contributed by atoms with Crippen molar-refractivity contribution in [1.29, 1.82) is 0 Å². The van der Waals surface area contributed by atoms with Gasteiger partial charge in [-0.3, -0.25) is 4.79 Å². The number of carbonyl (C=O) groups excluding carboxylic acids is 1. The number of thioether (sulfide) groups is 1. The van der Waals surface area contributed by atoms with Crippen molar-refractivity contribution in [3.05, 3.63) is 18.2 Å². The molecule has 124 valence electrons. The van der Waals surface area contributed by atoms with E-state index in [1.807, 2.05) is 0 Å². The first-order chi connectivity index (χ1) is 11.0. The van der Waals surface area contributed by atoms with Crippen molar-refractivity contribution in [1.82, 2.24) is 20.2 Å². The van der Waals surface area contributed by atoms with E-state index in [1.54, 1.807) is 46.3 Å². The first-order valence-electron chi connectivity index (χ1n) is 6.87. The Bertz CT molecular complexity index is 652. The minimum atomic E-state index is -0.317. The lowest BCUT2D eigenvalue weighted by molar-refractivity contribution is -0.144. The van der Waals surface area contributed by atoms with E-state index in [0.29, 0.717) is 22.3 Å². The van der Waals surface area contributed by atoms with Gasteiger partial charge in [0.15, 0.2) is 0 Å². The summed E-state index contributed by atoms with van der Waals surface area (Å²) in [5.74, 6) is 1.04. The number of hydrogen-bond acceptors (Lipinski definition) is 8. The summed E-state index contributed by atoms with van der Waals surface area (Å²) >= 11 is 1.20. The van der Waals surface area contributed by atoms with Crippen molar-refractivity contribution in [3.63, 3.8) is 0 Å². The SMILES string of the molecule is COc1cc(OC)cc(-n2nnnc2SCC(=O)OC(C)C)c1. The highest BCUT2D eigenvalue weighted by molar-refractivity contribution is 7.99. The number of tetrazole rings is 1. The van der Waals surface area contributed by atoms with Crippen molar-refractivity contribution in [2.75, 3.05) is 20.0 Å². The second-order valence-corrected chi connectivity index (χ2v) is 5.71. The Balaban J connectivity index is 2.19. The Hall–Kier alpha value is -2.29. The van der Waals surface area contributed by atoms with Gasteiger partial charge < -0.3 is 14.2 Å². The molecular formula is C14H18N4O4S. The summed E-state index contributed by atoms with van der Waals surface area (Å²) in [6.45, 7) is 3.60. The van der Waals surface area contributed by atoms with Crippen LogP contribution in [0, 0.1) is 0 Å². The molecular weight excluding hydrogens is 320 g/mol. The average Bonchev–Trinajstić information content (AvgIpc) is 3.00. The van der Waals surface area contributed by atoms with Crippen molar-refractivity contribution in [3.8, 4) is 17.2 Å². The van der Waals surface area contributed by atoms with Gasteiger partial charge in [0.2, 0.25) is 5.16 Å². The van der Waals surface area contributed by atoms with Crippen LogP contribution in [-0.2, 0) is 9.53 Å². The van der Waals surface area contributed by atoms with E-state index in [2.05, 4.69) is 15.5 Å². The lowest BCUT2D eigenvalue weighted by Gasteiger charge is -2.10. The number of ether oxygens (including phenoxy) is 3. The average molecular weight is 338 g/mol. The van der Waals surface area contributed by atoms with E-state index in [-0.39, 0.29) is 17.8 Å². The van der Waals surface area contributed by atoms with Gasteiger partial charge in [0.1, 0.15) is 11.5 Å². The highest BCUT2D eigenvalue weighted by atomic mass is 32.2. The second-order valence-electron chi connectivity index (χ2n) is 4.77. The molecule has 0 aliphatic carbocycles. The number of rotatable bonds is 7. The van der Waals surface area contributed by atoms with Crippen LogP contribution < -0.4 is 9.47 Å². The Morgan fingerprint density at radius 3 is 2.43 bits per heavy atom. The summed E-state index contributed by atoms with van der Waals surface area (Å²) in [6.07, 6.45) is -0.151. The van der Waals surface area contributed by atoms with Crippen LogP contribution in [0.3, 0.4) is 0 Å². The number of esters is 1. The van der Waals surface area contributed by atoms with E-state index in [4.69, 9.17) is 14.2 Å². The zero-order valence-electron chi connectivity index (χ0n) is 13.3. The smallest absolute Gasteiger partial charge is 0.316 e. The molecule has 0 aliphatic rings. The summed E-state index contributed by atoms with van der Waals surface area (Å²) in [4.78, 5) is 11.6. The molecule has 1 aromatic carbocycles. The molecule has 0 amide bonds. The summed E-state index contributed by atoms with van der Waals surface area (Å²) in [6, 6.07) is 5.30. The highest BCUT2D eigenvalue weighted by Crippen LogP contribution is 2.27. The minimum Gasteiger partial charge on any atom is -0.497 e. The number of methoxy groups -OCH3 is 2. The van der Waals surface area contributed by atoms with E-state index in [1.165, 1.54) is 16.4 Å². The van der Waals surface area contributed by atoms with Crippen LogP contribution in [0.2, 0.25) is 0 Å². The Labute approximate surface area is 138 Å². The topological polar surface area (TPSA) is 88.4 Å². The molecule has 1 heterocycles. The largest absolute Gasteiger partial charge is 0.497 e. The van der Waals surface area contributed by atoms with Crippen molar-refractivity contribution in [2.45, 2.75) is 25.1 Å². The van der Waals surface area contributed by atoms with E-state index >= 15 is 0 Å². The maximum Gasteiger partial charge on any atom is 0.316 e. The molecule has 1 aromatic heterocycles. The zero-order chi connectivity index (χ0) is 16.8. The molecule has 0 bridgehead atoms. The van der Waals surface area contributed by atoms with Crippen LogP contribution in [0.4, 0.5) is 0 Å². The lowest BCUT2D eigenvalue weighted by Crippen LogP contribution is -2.13. The summed E-state index contributed by atoms with van der Waals surface area (Å²) < 4.78 is 17.1. The van der Waals surface area contributed by atoms with Crippen LogP contribution in [0.1, 0.15) is 13.8 Å². The minimum absolute atomic E-state index is 0.125. The van der Waals surface area contributed by atoms with Gasteiger partial charge in [-0.2, -0.15) is 4.68 Å². The first kappa shape index (κ1) is 17.1. The molecule has 0 spiro atoms. The third kappa shape index (κ3) is 4.59. The fraction of sp³-hybridized carbons (Fsp3) is 0.429. The zero-order valence-corrected chi connectivity index (χ0v) is 14.2. The first-order valence-corrected chi connectivity index (χ1v) is 7.86. The fourth-order valence-electron chi connectivity index (χ4n) is 1.77. The van der Waals surface area contributed by atoms with Gasteiger partial charge in [0.25, 0.3) is 0 Å².